The topological polar surface area (TPSA) is 29.0 Å². The molecule has 0 spiro atoms. The summed E-state index contributed by atoms with van der Waals surface area (Å²) in [5.41, 5.74) is 0. The molecule has 0 radical (unpaired) electrons. The summed E-state index contributed by atoms with van der Waals surface area (Å²) >= 11 is 3.17. The zero-order valence-corrected chi connectivity index (χ0v) is 11.3. The fraction of sp³-hybridized carbons (Fsp3) is 0.600. The van der Waals surface area contributed by atoms with Gasteiger partial charge in [0.1, 0.15) is 22.8 Å². The number of halogens is 4. The lowest BCUT2D eigenvalue weighted by Gasteiger charge is -2.20. The number of aromatic nitrogens is 2. The number of rotatable bonds is 3. The summed E-state index contributed by atoms with van der Waals surface area (Å²) in [6.45, 7) is 2.73. The molecule has 0 aliphatic heterocycles. The molecule has 0 N–H and O–H groups in total. The van der Waals surface area contributed by atoms with Crippen LogP contribution >= 0.6 is 15.9 Å². The van der Waals surface area contributed by atoms with E-state index in [1.165, 1.54) is 13.1 Å². The quantitative estimate of drug-likeness (QED) is 0.802. The molecule has 0 bridgehead atoms. The lowest BCUT2D eigenvalue weighted by atomic mass is 10.2. The number of alkyl halides is 3. The molecule has 0 atom stereocenters. The lowest BCUT2D eigenvalue weighted by molar-refractivity contribution is -0.119. The minimum Gasteiger partial charge on any atom is -0.350 e. The third-order valence-electron chi connectivity index (χ3n) is 2.02. The van der Waals surface area contributed by atoms with E-state index < -0.39 is 12.7 Å². The number of hydrogen-bond donors (Lipinski definition) is 0. The van der Waals surface area contributed by atoms with Crippen LogP contribution in [0, 0.1) is 0 Å². The van der Waals surface area contributed by atoms with E-state index in [0.29, 0.717) is 10.4 Å². The summed E-state index contributed by atoms with van der Waals surface area (Å²) in [5, 5.41) is 0. The van der Waals surface area contributed by atoms with Gasteiger partial charge >= 0.3 is 6.18 Å². The monoisotopic (exact) mass is 311 g/mol. The molecule has 1 aromatic heterocycles. The Labute approximate surface area is 106 Å². The smallest absolute Gasteiger partial charge is 0.350 e. The Bertz CT molecular complexity index is 393. The minimum absolute atomic E-state index is 0.0607. The first-order valence-corrected chi connectivity index (χ1v) is 5.80. The second-order valence-electron chi connectivity index (χ2n) is 4.03. The summed E-state index contributed by atoms with van der Waals surface area (Å²) in [6, 6.07) is 1.47. The van der Waals surface area contributed by atoms with Gasteiger partial charge in [0.05, 0.1) is 0 Å². The van der Waals surface area contributed by atoms with Crippen molar-refractivity contribution >= 4 is 21.7 Å². The number of nitrogens with zero attached hydrogens (tertiary/aromatic N) is 3. The van der Waals surface area contributed by atoms with Crippen LogP contribution in [0.1, 0.15) is 25.6 Å². The highest BCUT2D eigenvalue weighted by Crippen LogP contribution is 2.23. The van der Waals surface area contributed by atoms with Crippen LogP contribution in [0.4, 0.5) is 19.0 Å². The van der Waals surface area contributed by atoms with Gasteiger partial charge in [-0.05, 0) is 15.9 Å². The van der Waals surface area contributed by atoms with Gasteiger partial charge in [0.2, 0.25) is 0 Å². The molecule has 0 unspecified atom stereocenters. The molecule has 0 fully saturated rings. The van der Waals surface area contributed by atoms with Crippen molar-refractivity contribution in [2.45, 2.75) is 25.9 Å². The van der Waals surface area contributed by atoms with Crippen molar-refractivity contribution < 1.29 is 13.2 Å². The van der Waals surface area contributed by atoms with E-state index in [1.54, 1.807) is 0 Å². The molecular weight excluding hydrogens is 299 g/mol. The minimum atomic E-state index is -4.25. The predicted octanol–water partition coefficient (Wildman–Crippen LogP) is 3.36. The Hall–Kier alpha value is -0.850. The predicted molar refractivity (Wildman–Crippen MR) is 63.1 cm³/mol. The van der Waals surface area contributed by atoms with Crippen LogP contribution in [0.5, 0.6) is 0 Å². The highest BCUT2D eigenvalue weighted by molar-refractivity contribution is 9.10. The Morgan fingerprint density at radius 1 is 1.35 bits per heavy atom. The molecule has 0 aromatic carbocycles. The van der Waals surface area contributed by atoms with E-state index in [1.807, 2.05) is 13.8 Å². The number of hydrogen-bond acceptors (Lipinski definition) is 3. The molecule has 0 saturated carbocycles. The van der Waals surface area contributed by atoms with Crippen LogP contribution in [0.2, 0.25) is 0 Å². The summed E-state index contributed by atoms with van der Waals surface area (Å²) in [5.74, 6) is 0.835. The van der Waals surface area contributed by atoms with Gasteiger partial charge in [-0.25, -0.2) is 9.97 Å². The van der Waals surface area contributed by atoms with Crippen molar-refractivity contribution in [2.24, 2.45) is 0 Å². The van der Waals surface area contributed by atoms with Gasteiger partial charge in [-0.1, -0.05) is 13.8 Å². The number of anilines is 1. The maximum absolute atomic E-state index is 12.3. The molecule has 0 amide bonds. The standard InChI is InChI=1S/C10H13BrF3N3/c1-6(2)9-15-7(11)4-8(16-9)17(3)5-10(12,13)14/h4,6H,5H2,1-3H3. The molecule has 1 aromatic rings. The first-order chi connectivity index (χ1) is 7.69. The van der Waals surface area contributed by atoms with Gasteiger partial charge in [-0.2, -0.15) is 13.2 Å². The normalized spacial score (nSPS) is 12.0. The van der Waals surface area contributed by atoms with E-state index >= 15 is 0 Å². The fourth-order valence-electron chi connectivity index (χ4n) is 1.23. The maximum atomic E-state index is 12.3. The maximum Gasteiger partial charge on any atom is 0.405 e. The van der Waals surface area contributed by atoms with Crippen molar-refractivity contribution in [1.82, 2.24) is 9.97 Å². The van der Waals surface area contributed by atoms with Gasteiger partial charge in [0.15, 0.2) is 0 Å². The SMILES string of the molecule is CC(C)c1nc(Br)cc(N(C)CC(F)(F)F)n1. The Morgan fingerprint density at radius 2 is 1.94 bits per heavy atom. The van der Waals surface area contributed by atoms with Gasteiger partial charge in [-0.15, -0.1) is 0 Å². The lowest BCUT2D eigenvalue weighted by Crippen LogP contribution is -2.31. The molecule has 7 heteroatoms. The van der Waals surface area contributed by atoms with Crippen LogP contribution in [0.3, 0.4) is 0 Å². The average molecular weight is 312 g/mol. The Balaban J connectivity index is 2.97. The van der Waals surface area contributed by atoms with Crippen molar-refractivity contribution in [2.75, 3.05) is 18.5 Å². The molecule has 0 saturated heterocycles. The van der Waals surface area contributed by atoms with Crippen LogP contribution in [0.25, 0.3) is 0 Å². The largest absolute Gasteiger partial charge is 0.405 e. The highest BCUT2D eigenvalue weighted by atomic mass is 79.9. The molecular formula is C10H13BrF3N3. The van der Waals surface area contributed by atoms with Crippen molar-refractivity contribution in [3.8, 4) is 0 Å². The molecule has 1 heterocycles. The van der Waals surface area contributed by atoms with E-state index in [-0.39, 0.29) is 11.7 Å². The van der Waals surface area contributed by atoms with E-state index in [4.69, 9.17) is 0 Å². The van der Waals surface area contributed by atoms with Crippen molar-refractivity contribution in [1.29, 1.82) is 0 Å². The van der Waals surface area contributed by atoms with Gasteiger partial charge in [0, 0.05) is 19.0 Å². The first-order valence-electron chi connectivity index (χ1n) is 5.01. The Kier molecular flexibility index (Phi) is 4.35. The van der Waals surface area contributed by atoms with Gasteiger partial charge in [0.25, 0.3) is 0 Å². The molecule has 17 heavy (non-hydrogen) atoms. The van der Waals surface area contributed by atoms with Crippen LogP contribution < -0.4 is 4.90 Å². The zero-order chi connectivity index (χ0) is 13.2. The Morgan fingerprint density at radius 3 is 2.41 bits per heavy atom. The third-order valence-corrected chi connectivity index (χ3v) is 2.43. The first kappa shape index (κ1) is 14.2. The molecule has 0 aliphatic carbocycles. The molecule has 1 rings (SSSR count). The average Bonchev–Trinajstić information content (AvgIpc) is 2.13. The van der Waals surface area contributed by atoms with Crippen LogP contribution in [0.15, 0.2) is 10.7 Å². The van der Waals surface area contributed by atoms with Crippen LogP contribution in [-0.2, 0) is 0 Å². The molecule has 96 valence electrons. The third kappa shape index (κ3) is 4.49. The van der Waals surface area contributed by atoms with Crippen molar-refractivity contribution in [3.63, 3.8) is 0 Å². The molecule has 3 nitrogen and oxygen atoms in total. The molecule has 0 aliphatic rings. The van der Waals surface area contributed by atoms with Crippen LogP contribution in [-0.4, -0.2) is 29.7 Å². The summed E-state index contributed by atoms with van der Waals surface area (Å²) in [6.07, 6.45) is -4.25. The second-order valence-corrected chi connectivity index (χ2v) is 4.85. The van der Waals surface area contributed by atoms with E-state index in [2.05, 4.69) is 25.9 Å². The van der Waals surface area contributed by atoms with E-state index in [9.17, 15) is 13.2 Å². The summed E-state index contributed by atoms with van der Waals surface area (Å²) < 4.78 is 37.3. The zero-order valence-electron chi connectivity index (χ0n) is 9.72. The fourth-order valence-corrected chi connectivity index (χ4v) is 1.61. The second kappa shape index (κ2) is 5.20. The highest BCUT2D eigenvalue weighted by Gasteiger charge is 2.30. The summed E-state index contributed by atoms with van der Waals surface area (Å²) in [7, 11) is 1.35. The van der Waals surface area contributed by atoms with Gasteiger partial charge < -0.3 is 4.90 Å². The summed E-state index contributed by atoms with van der Waals surface area (Å²) in [4.78, 5) is 9.27. The van der Waals surface area contributed by atoms with Gasteiger partial charge in [-0.3, -0.25) is 0 Å². The van der Waals surface area contributed by atoms with Crippen molar-refractivity contribution in [3.05, 3.63) is 16.5 Å². The van der Waals surface area contributed by atoms with E-state index in [0.717, 1.165) is 4.90 Å².